The maximum absolute atomic E-state index is 2.43. The molecule has 0 atom stereocenters. The van der Waals surface area contributed by atoms with Crippen molar-refractivity contribution in [1.29, 1.82) is 0 Å². The Balaban J connectivity index is 0.000000845. The van der Waals surface area contributed by atoms with Gasteiger partial charge < -0.3 is 0 Å². The van der Waals surface area contributed by atoms with E-state index < -0.39 is 0 Å². The summed E-state index contributed by atoms with van der Waals surface area (Å²) in [5.41, 5.74) is 4.86. The predicted octanol–water partition coefficient (Wildman–Crippen LogP) is 3.80. The van der Waals surface area contributed by atoms with Crippen LogP contribution in [0.5, 0.6) is 0 Å². The van der Waals surface area contributed by atoms with Crippen LogP contribution in [0.25, 0.3) is 0 Å². The second-order valence-electron chi connectivity index (χ2n) is 3.87. The van der Waals surface area contributed by atoms with Gasteiger partial charge in [-0.25, -0.2) is 0 Å². The van der Waals surface area contributed by atoms with Crippen molar-refractivity contribution in [2.24, 2.45) is 0 Å². The van der Waals surface area contributed by atoms with Crippen LogP contribution >= 0.6 is 0 Å². The molecule has 0 heterocycles. The molecule has 2 aliphatic rings. The summed E-state index contributed by atoms with van der Waals surface area (Å²) in [6.45, 7) is 2.26. The van der Waals surface area contributed by atoms with Crippen LogP contribution in [-0.4, -0.2) is 0 Å². The molecule has 0 aromatic rings. The molecule has 0 fully saturated rings. The number of allylic oxidation sites excluding steroid dienone is 4. The molecule has 0 aromatic heterocycles. The van der Waals surface area contributed by atoms with Crippen LogP contribution in [0, 0.1) is 6.42 Å². The van der Waals surface area contributed by atoms with E-state index in [0.717, 1.165) is 0 Å². The SMILES string of the molecule is CCCC1=CC2=C([CH]1)CCCC2.[Zr]. The molecule has 2 aliphatic carbocycles. The minimum atomic E-state index is 0. The van der Waals surface area contributed by atoms with E-state index in [-0.39, 0.29) is 26.2 Å². The first kappa shape index (κ1) is 11.4. The van der Waals surface area contributed by atoms with Crippen molar-refractivity contribution >= 4 is 0 Å². The van der Waals surface area contributed by atoms with Gasteiger partial charge in [0.25, 0.3) is 0 Å². The van der Waals surface area contributed by atoms with Crippen molar-refractivity contribution in [3.05, 3.63) is 29.2 Å². The Labute approximate surface area is 101 Å². The Bertz CT molecular complexity index is 236. The number of hydrogen-bond donors (Lipinski definition) is 0. The van der Waals surface area contributed by atoms with Crippen LogP contribution < -0.4 is 0 Å². The molecular formula is C12H17Zr. The zero-order valence-electron chi connectivity index (χ0n) is 8.40. The van der Waals surface area contributed by atoms with Gasteiger partial charge in [-0.05, 0) is 37.7 Å². The van der Waals surface area contributed by atoms with Crippen LogP contribution in [0.1, 0.15) is 45.4 Å². The molecule has 69 valence electrons. The molecule has 13 heavy (non-hydrogen) atoms. The molecule has 0 spiro atoms. The third-order valence-corrected chi connectivity index (χ3v) is 2.81. The van der Waals surface area contributed by atoms with Gasteiger partial charge in [0.1, 0.15) is 0 Å². The predicted molar refractivity (Wildman–Crippen MR) is 52.8 cm³/mol. The maximum Gasteiger partial charge on any atom is 0.0119 e. The Hall–Kier alpha value is 0.363. The molecule has 2 rings (SSSR count). The summed E-state index contributed by atoms with van der Waals surface area (Å²) in [5.74, 6) is 0. The van der Waals surface area contributed by atoms with Gasteiger partial charge in [-0.15, -0.1) is 0 Å². The van der Waals surface area contributed by atoms with Gasteiger partial charge >= 0.3 is 0 Å². The molecule has 0 nitrogen and oxygen atoms in total. The molecule has 0 unspecified atom stereocenters. The number of rotatable bonds is 2. The average Bonchev–Trinajstić information content (AvgIpc) is 2.47. The summed E-state index contributed by atoms with van der Waals surface area (Å²) in [6.07, 6.45) is 12.9. The van der Waals surface area contributed by atoms with E-state index in [0.29, 0.717) is 0 Å². The number of hydrogen-bond acceptors (Lipinski definition) is 0. The summed E-state index contributed by atoms with van der Waals surface area (Å²) in [6, 6.07) is 0. The second kappa shape index (κ2) is 5.30. The molecule has 0 saturated carbocycles. The van der Waals surface area contributed by atoms with Crippen molar-refractivity contribution in [2.75, 3.05) is 0 Å². The molecule has 0 aliphatic heterocycles. The van der Waals surface area contributed by atoms with E-state index in [1.807, 2.05) is 0 Å². The first-order valence-electron chi connectivity index (χ1n) is 5.17. The monoisotopic (exact) mass is 251 g/mol. The zero-order valence-corrected chi connectivity index (χ0v) is 10.9. The Kier molecular flexibility index (Phi) is 4.66. The van der Waals surface area contributed by atoms with E-state index in [1.54, 1.807) is 16.7 Å². The molecule has 0 aromatic carbocycles. The van der Waals surface area contributed by atoms with Crippen LogP contribution in [0.3, 0.4) is 0 Å². The Morgan fingerprint density at radius 3 is 2.46 bits per heavy atom. The maximum atomic E-state index is 2.43. The minimum absolute atomic E-state index is 0. The third-order valence-electron chi connectivity index (χ3n) is 2.81. The summed E-state index contributed by atoms with van der Waals surface area (Å²) in [7, 11) is 0. The Morgan fingerprint density at radius 2 is 1.85 bits per heavy atom. The van der Waals surface area contributed by atoms with Crippen molar-refractivity contribution in [3.8, 4) is 0 Å². The van der Waals surface area contributed by atoms with E-state index in [2.05, 4.69) is 19.4 Å². The van der Waals surface area contributed by atoms with Gasteiger partial charge in [-0.1, -0.05) is 30.6 Å². The van der Waals surface area contributed by atoms with Gasteiger partial charge in [0.15, 0.2) is 0 Å². The van der Waals surface area contributed by atoms with Crippen LogP contribution in [-0.2, 0) is 26.2 Å². The summed E-state index contributed by atoms with van der Waals surface area (Å²) in [4.78, 5) is 0. The van der Waals surface area contributed by atoms with Crippen LogP contribution in [0.15, 0.2) is 22.8 Å². The van der Waals surface area contributed by atoms with Gasteiger partial charge in [-0.2, -0.15) is 0 Å². The van der Waals surface area contributed by atoms with Crippen molar-refractivity contribution in [1.82, 2.24) is 0 Å². The quantitative estimate of drug-likeness (QED) is 0.701. The smallest absolute Gasteiger partial charge is 0.0119 e. The molecule has 0 amide bonds. The fraction of sp³-hybridized carbons (Fsp3) is 0.583. The first-order valence-corrected chi connectivity index (χ1v) is 5.17. The van der Waals surface area contributed by atoms with Gasteiger partial charge in [0, 0.05) is 32.6 Å². The summed E-state index contributed by atoms with van der Waals surface area (Å²) >= 11 is 0. The molecule has 1 heteroatoms. The fourth-order valence-electron chi connectivity index (χ4n) is 2.20. The second-order valence-corrected chi connectivity index (χ2v) is 3.87. The van der Waals surface area contributed by atoms with Crippen LogP contribution in [0.2, 0.25) is 0 Å². The molecular weight excluding hydrogens is 235 g/mol. The topological polar surface area (TPSA) is 0 Å². The van der Waals surface area contributed by atoms with Crippen LogP contribution in [0.4, 0.5) is 0 Å². The van der Waals surface area contributed by atoms with Gasteiger partial charge in [-0.3, -0.25) is 0 Å². The fourth-order valence-corrected chi connectivity index (χ4v) is 2.20. The van der Waals surface area contributed by atoms with E-state index >= 15 is 0 Å². The van der Waals surface area contributed by atoms with E-state index in [4.69, 9.17) is 0 Å². The molecule has 0 saturated heterocycles. The largest absolute Gasteiger partial charge is 0.0651 e. The van der Waals surface area contributed by atoms with Crippen molar-refractivity contribution in [2.45, 2.75) is 45.4 Å². The van der Waals surface area contributed by atoms with Gasteiger partial charge in [0.05, 0.1) is 0 Å². The first-order chi connectivity index (χ1) is 5.90. The normalized spacial score (nSPS) is 20.8. The van der Waals surface area contributed by atoms with E-state index in [1.165, 1.54) is 38.5 Å². The summed E-state index contributed by atoms with van der Waals surface area (Å²) in [5, 5.41) is 0. The van der Waals surface area contributed by atoms with Gasteiger partial charge in [0.2, 0.25) is 0 Å². The zero-order chi connectivity index (χ0) is 8.39. The third kappa shape index (κ3) is 2.65. The standard InChI is InChI=1S/C12H17.Zr/c1-2-5-10-8-11-6-3-4-7-12(11)9-10;/h8-9H,2-7H2,1H3;. The minimum Gasteiger partial charge on any atom is -0.0651 e. The average molecular weight is 252 g/mol. The molecule has 0 bridgehead atoms. The van der Waals surface area contributed by atoms with Crippen molar-refractivity contribution < 1.29 is 26.2 Å². The van der Waals surface area contributed by atoms with E-state index in [9.17, 15) is 0 Å². The molecule has 1 radical (unpaired) electrons. The molecule has 0 N–H and O–H groups in total. The Morgan fingerprint density at radius 1 is 1.15 bits per heavy atom. The van der Waals surface area contributed by atoms with Crippen molar-refractivity contribution in [3.63, 3.8) is 0 Å². The summed E-state index contributed by atoms with van der Waals surface area (Å²) < 4.78 is 0.